The zero-order chi connectivity index (χ0) is 23.4. The van der Waals surface area contributed by atoms with E-state index in [0.717, 1.165) is 37.3 Å². The Hall–Kier alpha value is -3.46. The van der Waals surface area contributed by atoms with Gasteiger partial charge in [0.1, 0.15) is 5.84 Å². The first-order valence-electron chi connectivity index (χ1n) is 11.0. The van der Waals surface area contributed by atoms with Gasteiger partial charge in [-0.25, -0.2) is 4.98 Å². The van der Waals surface area contributed by atoms with Crippen LogP contribution in [-0.2, 0) is 16.0 Å². The summed E-state index contributed by atoms with van der Waals surface area (Å²) in [6, 6.07) is 5.10. The van der Waals surface area contributed by atoms with Gasteiger partial charge in [-0.05, 0) is 30.2 Å². The highest BCUT2D eigenvalue weighted by atomic mass is 19.1. The molecule has 2 aromatic heterocycles. The molecule has 0 bridgehead atoms. The van der Waals surface area contributed by atoms with Crippen LogP contribution in [0.15, 0.2) is 47.7 Å². The molecule has 9 heteroatoms. The van der Waals surface area contributed by atoms with E-state index in [1.807, 2.05) is 24.0 Å². The summed E-state index contributed by atoms with van der Waals surface area (Å²) in [5.74, 6) is -0.0646. The molecule has 1 fully saturated rings. The van der Waals surface area contributed by atoms with Gasteiger partial charge in [0.25, 0.3) is 0 Å². The van der Waals surface area contributed by atoms with Gasteiger partial charge >= 0.3 is 0 Å². The number of halogens is 1. The number of aromatic nitrogens is 2. The molecule has 8 nitrogen and oxygen atoms in total. The number of hydrogen-bond donors (Lipinski definition) is 1. The second kappa shape index (κ2) is 9.99. The van der Waals surface area contributed by atoms with E-state index in [9.17, 15) is 14.0 Å². The van der Waals surface area contributed by atoms with Crippen LogP contribution in [0.2, 0.25) is 0 Å². The number of carbonyl (C=O) groups excluding carboxylic acids is 2. The SMILES string of the molecule is CC(=O)N1CCN(C2C=CC(NC(=O)Cc3cnc(-c4ccnc(F)c4)c(C)c3)=NC2)CC1. The first kappa shape index (κ1) is 22.7. The molecule has 4 heterocycles. The van der Waals surface area contributed by atoms with Gasteiger partial charge in [-0.3, -0.25) is 24.5 Å². The quantitative estimate of drug-likeness (QED) is 0.717. The topological polar surface area (TPSA) is 90.8 Å². The first-order valence-corrected chi connectivity index (χ1v) is 11.0. The third-order valence-corrected chi connectivity index (χ3v) is 5.92. The normalized spacial score (nSPS) is 18.7. The Morgan fingerprint density at radius 2 is 1.97 bits per heavy atom. The molecule has 0 spiro atoms. The van der Waals surface area contributed by atoms with E-state index in [4.69, 9.17) is 0 Å². The molecule has 1 unspecified atom stereocenters. The van der Waals surface area contributed by atoms with Crippen LogP contribution in [-0.4, -0.2) is 76.2 Å². The largest absolute Gasteiger partial charge is 0.340 e. The van der Waals surface area contributed by atoms with Crippen molar-refractivity contribution in [2.45, 2.75) is 26.3 Å². The van der Waals surface area contributed by atoms with Crippen LogP contribution in [0.4, 0.5) is 4.39 Å². The second-order valence-electron chi connectivity index (χ2n) is 8.30. The van der Waals surface area contributed by atoms with Crippen LogP contribution in [0.25, 0.3) is 11.3 Å². The molecule has 1 N–H and O–H groups in total. The maximum atomic E-state index is 13.4. The van der Waals surface area contributed by atoms with Crippen molar-refractivity contribution in [2.24, 2.45) is 4.99 Å². The maximum Gasteiger partial charge on any atom is 0.229 e. The van der Waals surface area contributed by atoms with Crippen molar-refractivity contribution in [1.82, 2.24) is 25.1 Å². The number of hydrogen-bond acceptors (Lipinski definition) is 6. The lowest BCUT2D eigenvalue weighted by Gasteiger charge is -2.38. The van der Waals surface area contributed by atoms with E-state index in [2.05, 4.69) is 31.3 Å². The van der Waals surface area contributed by atoms with E-state index in [1.165, 1.54) is 12.3 Å². The molecule has 1 atom stereocenters. The lowest BCUT2D eigenvalue weighted by Crippen LogP contribution is -2.52. The third kappa shape index (κ3) is 5.67. The number of piperazine rings is 1. The summed E-state index contributed by atoms with van der Waals surface area (Å²) in [6.45, 7) is 7.16. The van der Waals surface area contributed by atoms with Crippen molar-refractivity contribution in [3.63, 3.8) is 0 Å². The minimum absolute atomic E-state index is 0.114. The van der Waals surface area contributed by atoms with Gasteiger partial charge < -0.3 is 10.2 Å². The second-order valence-corrected chi connectivity index (χ2v) is 8.30. The molecule has 2 aliphatic heterocycles. The van der Waals surface area contributed by atoms with Crippen molar-refractivity contribution >= 4 is 17.6 Å². The molecule has 2 amide bonds. The molecular weight excluding hydrogens is 423 g/mol. The van der Waals surface area contributed by atoms with E-state index in [1.54, 1.807) is 19.2 Å². The monoisotopic (exact) mass is 450 g/mol. The maximum absolute atomic E-state index is 13.4. The summed E-state index contributed by atoms with van der Waals surface area (Å²) in [5.41, 5.74) is 2.93. The van der Waals surface area contributed by atoms with Gasteiger partial charge in [0, 0.05) is 63.2 Å². The fourth-order valence-corrected chi connectivity index (χ4v) is 4.15. The Morgan fingerprint density at radius 3 is 2.61 bits per heavy atom. The van der Waals surface area contributed by atoms with Gasteiger partial charge in [0.15, 0.2) is 0 Å². The summed E-state index contributed by atoms with van der Waals surface area (Å²) in [5, 5.41) is 2.85. The van der Waals surface area contributed by atoms with Gasteiger partial charge in [-0.15, -0.1) is 0 Å². The lowest BCUT2D eigenvalue weighted by molar-refractivity contribution is -0.130. The van der Waals surface area contributed by atoms with Crippen LogP contribution in [0.5, 0.6) is 0 Å². The van der Waals surface area contributed by atoms with Crippen LogP contribution in [0, 0.1) is 12.9 Å². The number of carbonyl (C=O) groups is 2. The predicted octanol–water partition coefficient (Wildman–Crippen LogP) is 1.75. The van der Waals surface area contributed by atoms with Crippen LogP contribution < -0.4 is 5.32 Å². The molecule has 2 aliphatic rings. The molecule has 0 aromatic carbocycles. The smallest absolute Gasteiger partial charge is 0.229 e. The predicted molar refractivity (Wildman–Crippen MR) is 123 cm³/mol. The summed E-state index contributed by atoms with van der Waals surface area (Å²) < 4.78 is 13.4. The molecule has 0 saturated carbocycles. The number of amidine groups is 1. The van der Waals surface area contributed by atoms with E-state index >= 15 is 0 Å². The Bertz CT molecular complexity index is 1110. The van der Waals surface area contributed by atoms with Crippen molar-refractivity contribution in [3.05, 3.63) is 59.8 Å². The molecular formula is C24H27FN6O2. The number of rotatable bonds is 4. The third-order valence-electron chi connectivity index (χ3n) is 5.92. The summed E-state index contributed by atoms with van der Waals surface area (Å²) in [6.07, 6.45) is 7.11. The number of nitrogens with one attached hydrogen (secondary N) is 1. The van der Waals surface area contributed by atoms with E-state index in [0.29, 0.717) is 23.6 Å². The molecule has 0 radical (unpaired) electrons. The molecule has 4 rings (SSSR count). The summed E-state index contributed by atoms with van der Waals surface area (Å²) >= 11 is 0. The van der Waals surface area contributed by atoms with Crippen molar-refractivity contribution in [2.75, 3.05) is 32.7 Å². The molecule has 2 aromatic rings. The zero-order valence-corrected chi connectivity index (χ0v) is 18.8. The van der Waals surface area contributed by atoms with Crippen molar-refractivity contribution in [1.29, 1.82) is 0 Å². The Labute approximate surface area is 192 Å². The average molecular weight is 451 g/mol. The molecule has 1 saturated heterocycles. The van der Waals surface area contributed by atoms with Gasteiger partial charge in [-0.2, -0.15) is 4.39 Å². The molecule has 33 heavy (non-hydrogen) atoms. The number of aryl methyl sites for hydroxylation is 1. The van der Waals surface area contributed by atoms with E-state index < -0.39 is 5.95 Å². The Morgan fingerprint density at radius 1 is 1.18 bits per heavy atom. The minimum Gasteiger partial charge on any atom is -0.340 e. The fourth-order valence-electron chi connectivity index (χ4n) is 4.15. The fraction of sp³-hybridized carbons (Fsp3) is 0.375. The van der Waals surface area contributed by atoms with Crippen molar-refractivity contribution < 1.29 is 14.0 Å². The van der Waals surface area contributed by atoms with E-state index in [-0.39, 0.29) is 24.3 Å². The van der Waals surface area contributed by atoms with Crippen molar-refractivity contribution in [3.8, 4) is 11.3 Å². The van der Waals surface area contributed by atoms with Crippen LogP contribution in [0.3, 0.4) is 0 Å². The molecule has 0 aliphatic carbocycles. The van der Waals surface area contributed by atoms with Gasteiger partial charge in [0.05, 0.1) is 18.7 Å². The highest BCUT2D eigenvalue weighted by Gasteiger charge is 2.24. The average Bonchev–Trinajstić information content (AvgIpc) is 2.79. The first-order chi connectivity index (χ1) is 15.9. The minimum atomic E-state index is -0.556. The number of nitrogens with zero attached hydrogens (tertiary/aromatic N) is 5. The number of dihydropyridines is 1. The zero-order valence-electron chi connectivity index (χ0n) is 18.8. The highest BCUT2D eigenvalue weighted by Crippen LogP contribution is 2.21. The number of aliphatic imine (C=N–C) groups is 1. The number of amides is 2. The Kier molecular flexibility index (Phi) is 6.88. The summed E-state index contributed by atoms with van der Waals surface area (Å²) in [7, 11) is 0. The van der Waals surface area contributed by atoms with Gasteiger partial charge in [-0.1, -0.05) is 12.1 Å². The van der Waals surface area contributed by atoms with Gasteiger partial charge in [0.2, 0.25) is 17.8 Å². The molecule has 172 valence electrons. The summed E-state index contributed by atoms with van der Waals surface area (Å²) in [4.78, 5) is 40.7. The van der Waals surface area contributed by atoms with Crippen LogP contribution >= 0.6 is 0 Å². The standard InChI is InChI=1S/C24H27FN6O2/c1-16-11-18(14-28-24(16)19-5-6-26-21(25)13-19)12-23(33)29-22-4-3-20(15-27-22)31-9-7-30(8-10-31)17(2)32/h3-6,11,13-14,20H,7-10,12,15H2,1-2H3,(H,27,29,33). The number of pyridine rings is 2. The highest BCUT2D eigenvalue weighted by molar-refractivity contribution is 6.05. The Balaban J connectivity index is 1.29. The lowest BCUT2D eigenvalue weighted by atomic mass is 10.0. The van der Waals surface area contributed by atoms with Crippen LogP contribution in [0.1, 0.15) is 18.1 Å².